The third kappa shape index (κ3) is 3.44. The van der Waals surface area contributed by atoms with Crippen LogP contribution in [0.1, 0.15) is 30.9 Å². The maximum atomic E-state index is 12.5. The summed E-state index contributed by atoms with van der Waals surface area (Å²) >= 11 is 0. The van der Waals surface area contributed by atoms with Crippen LogP contribution in [-0.4, -0.2) is 17.5 Å². The summed E-state index contributed by atoms with van der Waals surface area (Å²) in [5.74, 6) is -0.450. The van der Waals surface area contributed by atoms with Gasteiger partial charge in [0.2, 0.25) is 5.91 Å². The first kappa shape index (κ1) is 16.3. The SMILES string of the molecule is O=C(NNC(=O)C1CC1)C1=NN(c2ccccc2)[C@H](c2ccccc2)C1. The Morgan fingerprint density at radius 3 is 2.23 bits per heavy atom. The van der Waals surface area contributed by atoms with E-state index >= 15 is 0 Å². The molecule has 26 heavy (non-hydrogen) atoms. The number of carbonyl (C=O) groups excluding carboxylic acids is 2. The normalized spacial score (nSPS) is 19.0. The second-order valence-electron chi connectivity index (χ2n) is 6.58. The summed E-state index contributed by atoms with van der Waals surface area (Å²) in [6.45, 7) is 0. The van der Waals surface area contributed by atoms with E-state index in [-0.39, 0.29) is 23.8 Å². The van der Waals surface area contributed by atoms with E-state index in [1.165, 1.54) is 0 Å². The summed E-state index contributed by atoms with van der Waals surface area (Å²) < 4.78 is 0. The van der Waals surface area contributed by atoms with Gasteiger partial charge >= 0.3 is 0 Å². The highest BCUT2D eigenvalue weighted by Crippen LogP contribution is 2.35. The zero-order chi connectivity index (χ0) is 17.9. The first-order valence-electron chi connectivity index (χ1n) is 8.79. The number of anilines is 1. The van der Waals surface area contributed by atoms with Crippen molar-refractivity contribution in [1.82, 2.24) is 10.9 Å². The van der Waals surface area contributed by atoms with Crippen LogP contribution < -0.4 is 15.9 Å². The van der Waals surface area contributed by atoms with Crippen LogP contribution in [0, 0.1) is 5.92 Å². The van der Waals surface area contributed by atoms with Crippen molar-refractivity contribution < 1.29 is 9.59 Å². The molecule has 2 aromatic rings. The number of benzene rings is 2. The number of hydrogen-bond acceptors (Lipinski definition) is 4. The van der Waals surface area contributed by atoms with Gasteiger partial charge in [-0.25, -0.2) is 0 Å². The molecule has 2 aliphatic rings. The zero-order valence-corrected chi connectivity index (χ0v) is 14.3. The first-order chi connectivity index (χ1) is 12.7. The molecular formula is C20H20N4O2. The Morgan fingerprint density at radius 1 is 0.923 bits per heavy atom. The molecule has 2 aromatic carbocycles. The maximum absolute atomic E-state index is 12.5. The molecule has 1 aliphatic carbocycles. The zero-order valence-electron chi connectivity index (χ0n) is 14.3. The van der Waals surface area contributed by atoms with Crippen molar-refractivity contribution in [2.45, 2.75) is 25.3 Å². The second kappa shape index (κ2) is 7.00. The summed E-state index contributed by atoms with van der Waals surface area (Å²) in [6, 6.07) is 19.7. The Bertz CT molecular complexity index is 831. The molecule has 132 valence electrons. The van der Waals surface area contributed by atoms with Crippen LogP contribution in [-0.2, 0) is 9.59 Å². The van der Waals surface area contributed by atoms with Crippen LogP contribution in [0.4, 0.5) is 5.69 Å². The van der Waals surface area contributed by atoms with E-state index in [0.29, 0.717) is 12.1 Å². The topological polar surface area (TPSA) is 73.8 Å². The minimum Gasteiger partial charge on any atom is -0.273 e. The number of amides is 2. The van der Waals surface area contributed by atoms with Crippen molar-refractivity contribution in [1.29, 1.82) is 0 Å². The molecule has 1 heterocycles. The summed E-state index contributed by atoms with van der Waals surface area (Å²) in [5.41, 5.74) is 7.40. The fraction of sp³-hybridized carbons (Fsp3) is 0.250. The van der Waals surface area contributed by atoms with E-state index in [2.05, 4.69) is 16.0 Å². The van der Waals surface area contributed by atoms with Gasteiger partial charge in [0.25, 0.3) is 5.91 Å². The third-order valence-electron chi connectivity index (χ3n) is 4.62. The van der Waals surface area contributed by atoms with Gasteiger partial charge in [0, 0.05) is 12.3 Å². The molecule has 0 radical (unpaired) electrons. The van der Waals surface area contributed by atoms with Crippen LogP contribution in [0.25, 0.3) is 0 Å². The van der Waals surface area contributed by atoms with Gasteiger partial charge in [0.1, 0.15) is 5.71 Å². The summed E-state index contributed by atoms with van der Waals surface area (Å²) in [4.78, 5) is 24.2. The van der Waals surface area contributed by atoms with Gasteiger partial charge in [-0.1, -0.05) is 48.5 Å². The predicted octanol–water partition coefficient (Wildman–Crippen LogP) is 2.55. The number of para-hydroxylation sites is 1. The Balaban J connectivity index is 1.53. The van der Waals surface area contributed by atoms with Crippen molar-refractivity contribution in [2.24, 2.45) is 11.0 Å². The molecule has 0 unspecified atom stereocenters. The van der Waals surface area contributed by atoms with Gasteiger partial charge in [-0.15, -0.1) is 0 Å². The number of hydrogen-bond donors (Lipinski definition) is 2. The van der Waals surface area contributed by atoms with Crippen LogP contribution in [0.3, 0.4) is 0 Å². The second-order valence-corrected chi connectivity index (χ2v) is 6.58. The van der Waals surface area contributed by atoms with Crippen LogP contribution in [0.5, 0.6) is 0 Å². The molecule has 1 aliphatic heterocycles. The van der Waals surface area contributed by atoms with Crippen LogP contribution >= 0.6 is 0 Å². The maximum Gasteiger partial charge on any atom is 0.285 e. The molecule has 4 rings (SSSR count). The van der Waals surface area contributed by atoms with Crippen molar-refractivity contribution >= 4 is 23.2 Å². The highest BCUT2D eigenvalue weighted by molar-refractivity contribution is 6.39. The van der Waals surface area contributed by atoms with E-state index in [1.54, 1.807) is 0 Å². The molecule has 0 bridgehead atoms. The number of hydrazone groups is 1. The fourth-order valence-corrected chi connectivity index (χ4v) is 3.04. The summed E-state index contributed by atoms with van der Waals surface area (Å²) in [7, 11) is 0. The van der Waals surface area contributed by atoms with E-state index in [4.69, 9.17) is 0 Å². The average Bonchev–Trinajstić information content (AvgIpc) is 3.45. The van der Waals surface area contributed by atoms with Gasteiger partial charge < -0.3 is 0 Å². The molecule has 1 atom stereocenters. The largest absolute Gasteiger partial charge is 0.285 e. The van der Waals surface area contributed by atoms with E-state index in [0.717, 1.165) is 24.1 Å². The van der Waals surface area contributed by atoms with Gasteiger partial charge in [0.05, 0.1) is 11.7 Å². The number of rotatable bonds is 4. The first-order valence-corrected chi connectivity index (χ1v) is 8.79. The molecule has 0 spiro atoms. The molecule has 1 fully saturated rings. The summed E-state index contributed by atoms with van der Waals surface area (Å²) in [6.07, 6.45) is 2.26. The lowest BCUT2D eigenvalue weighted by Crippen LogP contribution is -2.45. The van der Waals surface area contributed by atoms with Crippen molar-refractivity contribution in [3.05, 3.63) is 66.2 Å². The minimum atomic E-state index is -0.363. The molecule has 6 heteroatoms. The Hall–Kier alpha value is -3.15. The lowest BCUT2D eigenvalue weighted by atomic mass is 10.0. The van der Waals surface area contributed by atoms with E-state index in [9.17, 15) is 9.59 Å². The van der Waals surface area contributed by atoms with Crippen molar-refractivity contribution in [3.8, 4) is 0 Å². The molecule has 2 amide bonds. The van der Waals surface area contributed by atoms with Gasteiger partial charge in [-0.3, -0.25) is 25.4 Å². The fourth-order valence-electron chi connectivity index (χ4n) is 3.04. The van der Waals surface area contributed by atoms with Crippen LogP contribution in [0.15, 0.2) is 65.8 Å². The monoisotopic (exact) mass is 348 g/mol. The molecule has 0 aromatic heterocycles. The lowest BCUT2D eigenvalue weighted by molar-refractivity contribution is -0.127. The standard InChI is InChI=1S/C20H20N4O2/c25-19(15-11-12-15)21-22-20(26)17-13-18(14-7-3-1-4-8-14)24(23-17)16-9-5-2-6-10-16/h1-10,15,18H,11-13H2,(H,21,25)(H,22,26)/t18-/m0/s1. The number of nitrogens with zero attached hydrogens (tertiary/aromatic N) is 2. The Kier molecular flexibility index (Phi) is 4.39. The molecule has 2 N–H and O–H groups in total. The molecule has 0 saturated heterocycles. The smallest absolute Gasteiger partial charge is 0.273 e. The Morgan fingerprint density at radius 2 is 1.58 bits per heavy atom. The highest BCUT2D eigenvalue weighted by Gasteiger charge is 2.33. The summed E-state index contributed by atoms with van der Waals surface area (Å²) in [5, 5.41) is 6.41. The van der Waals surface area contributed by atoms with Gasteiger partial charge in [0.15, 0.2) is 0 Å². The predicted molar refractivity (Wildman–Crippen MR) is 99.2 cm³/mol. The van der Waals surface area contributed by atoms with Gasteiger partial charge in [-0.2, -0.15) is 5.10 Å². The molecule has 1 saturated carbocycles. The lowest BCUT2D eigenvalue weighted by Gasteiger charge is -2.23. The van der Waals surface area contributed by atoms with E-state index < -0.39 is 0 Å². The molecule has 6 nitrogen and oxygen atoms in total. The number of carbonyl (C=O) groups is 2. The number of nitrogens with one attached hydrogen (secondary N) is 2. The van der Waals surface area contributed by atoms with Gasteiger partial charge in [-0.05, 0) is 30.5 Å². The average molecular weight is 348 g/mol. The quantitative estimate of drug-likeness (QED) is 0.834. The molecular weight excluding hydrogens is 328 g/mol. The van der Waals surface area contributed by atoms with Crippen LogP contribution in [0.2, 0.25) is 0 Å². The number of hydrazine groups is 1. The Labute approximate surface area is 151 Å². The highest BCUT2D eigenvalue weighted by atomic mass is 16.2. The minimum absolute atomic E-state index is 0.0405. The van der Waals surface area contributed by atoms with E-state index in [1.807, 2.05) is 65.7 Å². The van der Waals surface area contributed by atoms with Crippen molar-refractivity contribution in [2.75, 3.05) is 5.01 Å². The van der Waals surface area contributed by atoms with Crippen molar-refractivity contribution in [3.63, 3.8) is 0 Å². The third-order valence-corrected chi connectivity index (χ3v) is 4.62.